The fourth-order valence-corrected chi connectivity index (χ4v) is 3.17. The molecule has 0 aromatic heterocycles. The summed E-state index contributed by atoms with van der Waals surface area (Å²) in [7, 11) is 0. The maximum Gasteiger partial charge on any atom is 0.416 e. The Kier molecular flexibility index (Phi) is 5.19. The number of nitrogens with one attached hydrogen (secondary N) is 1. The number of hydrogen-bond acceptors (Lipinski definition) is 5. The zero-order valence-electron chi connectivity index (χ0n) is 13.6. The Hall–Kier alpha value is -3.25. The average molecular weight is 388 g/mol. The Morgan fingerprint density at radius 1 is 1.15 bits per heavy atom. The third kappa shape index (κ3) is 4.12. The number of nitrogens with zero attached hydrogens (tertiary/aromatic N) is 3. The lowest BCUT2D eigenvalue weighted by Gasteiger charge is -2.15. The second kappa shape index (κ2) is 7.55. The largest absolute Gasteiger partial charge is 0.416 e. The van der Waals surface area contributed by atoms with Gasteiger partial charge in [-0.25, -0.2) is 0 Å². The van der Waals surface area contributed by atoms with E-state index in [4.69, 9.17) is 5.26 Å². The molecule has 0 unspecified atom stereocenters. The lowest BCUT2D eigenvalue weighted by Crippen LogP contribution is -2.26. The average Bonchev–Trinajstić information content (AvgIpc) is 2.96. The minimum Gasteiger partial charge on any atom is -0.277 e. The minimum absolute atomic E-state index is 0.0118. The molecule has 136 valence electrons. The third-order valence-corrected chi connectivity index (χ3v) is 4.46. The number of thioether (sulfide) groups is 1. The Balaban J connectivity index is 1.87. The molecule has 1 saturated heterocycles. The summed E-state index contributed by atoms with van der Waals surface area (Å²) in [6.45, 7) is 0. The van der Waals surface area contributed by atoms with Crippen LogP contribution in [-0.2, 0) is 11.0 Å². The molecule has 2 aromatic rings. The fourth-order valence-electron chi connectivity index (χ4n) is 2.31. The first kappa shape index (κ1) is 18.5. The summed E-state index contributed by atoms with van der Waals surface area (Å²) in [4.78, 5) is 14.0. The van der Waals surface area contributed by atoms with Gasteiger partial charge in [0.05, 0.1) is 22.3 Å². The van der Waals surface area contributed by atoms with Crippen LogP contribution in [-0.4, -0.2) is 11.0 Å². The number of halogens is 3. The molecular formula is C18H11F3N4OS. The number of anilines is 2. The standard InChI is InChI=1S/C18H11F3N4OS/c19-18(20,21)12-5-4-6-13(11-12)23-24-16-17(26)25(15(27-16)9-10-22)14-7-2-1-3-8-14/h1-9,11,23H/b15-9-,24-16-. The Labute approximate surface area is 156 Å². The smallest absolute Gasteiger partial charge is 0.277 e. The highest BCUT2D eigenvalue weighted by molar-refractivity contribution is 8.20. The van der Waals surface area contributed by atoms with Gasteiger partial charge in [0.25, 0.3) is 5.91 Å². The predicted octanol–water partition coefficient (Wildman–Crippen LogP) is 4.58. The molecular weight excluding hydrogens is 377 g/mol. The molecule has 1 aliphatic rings. The van der Waals surface area contributed by atoms with Crippen molar-refractivity contribution in [2.45, 2.75) is 6.18 Å². The second-order valence-electron chi connectivity index (χ2n) is 5.30. The first-order chi connectivity index (χ1) is 12.9. The van der Waals surface area contributed by atoms with Crippen LogP contribution in [0.5, 0.6) is 0 Å². The first-order valence-electron chi connectivity index (χ1n) is 7.58. The second-order valence-corrected chi connectivity index (χ2v) is 6.31. The molecule has 1 heterocycles. The summed E-state index contributed by atoms with van der Waals surface area (Å²) in [5.74, 6) is -0.479. The number of hydrazone groups is 1. The number of alkyl halides is 3. The van der Waals surface area contributed by atoms with Crippen molar-refractivity contribution >= 4 is 34.1 Å². The van der Waals surface area contributed by atoms with Crippen LogP contribution in [0.3, 0.4) is 0 Å². The zero-order chi connectivity index (χ0) is 19.4. The molecule has 2 aromatic carbocycles. The van der Waals surface area contributed by atoms with Gasteiger partial charge in [-0.1, -0.05) is 24.3 Å². The van der Waals surface area contributed by atoms with Gasteiger partial charge in [0.15, 0.2) is 5.04 Å². The summed E-state index contributed by atoms with van der Waals surface area (Å²) >= 11 is 0.956. The topological polar surface area (TPSA) is 68.5 Å². The number of carbonyl (C=O) groups excluding carboxylic acids is 1. The molecule has 1 N–H and O–H groups in total. The van der Waals surface area contributed by atoms with Gasteiger partial charge in [0.1, 0.15) is 0 Å². The van der Waals surface area contributed by atoms with Crippen molar-refractivity contribution < 1.29 is 18.0 Å². The summed E-state index contributed by atoms with van der Waals surface area (Å²) < 4.78 is 38.3. The Bertz CT molecular complexity index is 965. The van der Waals surface area contributed by atoms with E-state index < -0.39 is 17.6 Å². The number of amides is 1. The molecule has 1 amide bonds. The van der Waals surface area contributed by atoms with Gasteiger partial charge in [0.2, 0.25) is 0 Å². The van der Waals surface area contributed by atoms with Gasteiger partial charge in [-0.3, -0.25) is 15.1 Å². The third-order valence-electron chi connectivity index (χ3n) is 3.49. The van der Waals surface area contributed by atoms with E-state index in [1.807, 2.05) is 6.07 Å². The maximum atomic E-state index is 12.8. The normalized spacial score (nSPS) is 17.4. The van der Waals surface area contributed by atoms with Crippen LogP contribution in [0.1, 0.15) is 5.56 Å². The Morgan fingerprint density at radius 2 is 1.89 bits per heavy atom. The van der Waals surface area contributed by atoms with Crippen molar-refractivity contribution in [1.82, 2.24) is 0 Å². The van der Waals surface area contributed by atoms with E-state index in [2.05, 4.69) is 10.5 Å². The van der Waals surface area contributed by atoms with Crippen LogP contribution in [0.2, 0.25) is 0 Å². The van der Waals surface area contributed by atoms with Crippen molar-refractivity contribution in [3.8, 4) is 6.07 Å². The maximum absolute atomic E-state index is 12.8. The summed E-state index contributed by atoms with van der Waals surface area (Å²) in [6.07, 6.45) is -3.27. The molecule has 0 atom stereocenters. The van der Waals surface area contributed by atoms with E-state index in [1.54, 1.807) is 30.3 Å². The number of benzene rings is 2. The number of nitriles is 1. The van der Waals surface area contributed by atoms with Crippen LogP contribution in [0.15, 0.2) is 70.8 Å². The summed E-state index contributed by atoms with van der Waals surface area (Å²) in [5, 5.41) is 13.2. The van der Waals surface area contributed by atoms with E-state index in [0.29, 0.717) is 10.7 Å². The molecule has 0 bridgehead atoms. The predicted molar refractivity (Wildman–Crippen MR) is 97.7 cm³/mol. The highest BCUT2D eigenvalue weighted by Crippen LogP contribution is 2.36. The van der Waals surface area contributed by atoms with Crippen LogP contribution in [0.25, 0.3) is 0 Å². The van der Waals surface area contributed by atoms with E-state index in [9.17, 15) is 18.0 Å². The highest BCUT2D eigenvalue weighted by Gasteiger charge is 2.35. The van der Waals surface area contributed by atoms with Crippen LogP contribution >= 0.6 is 11.8 Å². The zero-order valence-corrected chi connectivity index (χ0v) is 14.4. The minimum atomic E-state index is -4.48. The summed E-state index contributed by atoms with van der Waals surface area (Å²) in [6, 6.07) is 15.0. The van der Waals surface area contributed by atoms with Crippen LogP contribution in [0, 0.1) is 11.3 Å². The van der Waals surface area contributed by atoms with Crippen LogP contribution in [0.4, 0.5) is 24.5 Å². The highest BCUT2D eigenvalue weighted by atomic mass is 32.2. The number of carbonyl (C=O) groups is 1. The molecule has 0 saturated carbocycles. The number of rotatable bonds is 3. The van der Waals surface area contributed by atoms with Gasteiger partial charge >= 0.3 is 6.18 Å². The lowest BCUT2D eigenvalue weighted by molar-refractivity contribution is -0.137. The van der Waals surface area contributed by atoms with Crippen molar-refractivity contribution in [2.75, 3.05) is 10.3 Å². The quantitative estimate of drug-likeness (QED) is 0.618. The van der Waals surface area contributed by atoms with Gasteiger partial charge < -0.3 is 0 Å². The van der Waals surface area contributed by atoms with Gasteiger partial charge in [-0.15, -0.1) is 0 Å². The monoisotopic (exact) mass is 388 g/mol. The number of allylic oxidation sites excluding steroid dienone is 1. The fraction of sp³-hybridized carbons (Fsp3) is 0.0556. The molecule has 9 heteroatoms. The molecule has 1 aliphatic heterocycles. The molecule has 5 nitrogen and oxygen atoms in total. The molecule has 27 heavy (non-hydrogen) atoms. The van der Waals surface area contributed by atoms with Crippen molar-refractivity contribution in [3.63, 3.8) is 0 Å². The van der Waals surface area contributed by atoms with E-state index in [-0.39, 0.29) is 10.7 Å². The molecule has 3 rings (SSSR count). The van der Waals surface area contributed by atoms with Crippen LogP contribution < -0.4 is 10.3 Å². The SMILES string of the molecule is N#C/C=C1\S/C(=N\Nc2cccc(C(F)(F)F)c2)C(=O)N1c1ccccc1. The van der Waals surface area contributed by atoms with E-state index >= 15 is 0 Å². The van der Waals surface area contributed by atoms with Gasteiger partial charge in [-0.05, 0) is 42.1 Å². The number of hydrogen-bond donors (Lipinski definition) is 1. The summed E-state index contributed by atoms with van der Waals surface area (Å²) in [5.41, 5.74) is 2.30. The molecule has 0 spiro atoms. The molecule has 1 fully saturated rings. The lowest BCUT2D eigenvalue weighted by atomic mass is 10.2. The van der Waals surface area contributed by atoms with Crippen molar-refractivity contribution in [3.05, 3.63) is 71.3 Å². The Morgan fingerprint density at radius 3 is 2.56 bits per heavy atom. The van der Waals surface area contributed by atoms with E-state index in [0.717, 1.165) is 23.9 Å². The van der Waals surface area contributed by atoms with Gasteiger partial charge in [-0.2, -0.15) is 23.5 Å². The van der Waals surface area contributed by atoms with Crippen molar-refractivity contribution in [2.24, 2.45) is 5.10 Å². The first-order valence-corrected chi connectivity index (χ1v) is 8.40. The molecule has 0 radical (unpaired) electrons. The van der Waals surface area contributed by atoms with Gasteiger partial charge in [0, 0.05) is 11.8 Å². The van der Waals surface area contributed by atoms with Crippen molar-refractivity contribution in [1.29, 1.82) is 5.26 Å². The number of para-hydroxylation sites is 1. The van der Waals surface area contributed by atoms with E-state index in [1.165, 1.54) is 23.1 Å². The molecule has 0 aliphatic carbocycles.